The van der Waals surface area contributed by atoms with E-state index in [1.807, 2.05) is 6.08 Å². The van der Waals surface area contributed by atoms with Crippen molar-refractivity contribution in [2.75, 3.05) is 11.9 Å². The molecule has 8 nitrogen and oxygen atoms in total. The molecule has 4 N–H and O–H groups in total. The van der Waals surface area contributed by atoms with E-state index in [0.29, 0.717) is 31.5 Å². The number of amides is 1. The molecule has 36 heavy (non-hydrogen) atoms. The maximum Gasteiger partial charge on any atom is 0.272 e. The molecule has 5 rings (SSSR count). The summed E-state index contributed by atoms with van der Waals surface area (Å²) in [5, 5.41) is 22.7. The molecule has 11 heteroatoms. The van der Waals surface area contributed by atoms with E-state index in [1.165, 1.54) is 6.07 Å². The lowest BCUT2D eigenvalue weighted by Crippen LogP contribution is -2.51. The fourth-order valence-electron chi connectivity index (χ4n) is 6.19. The van der Waals surface area contributed by atoms with Crippen LogP contribution in [0.15, 0.2) is 29.2 Å². The Kier molecular flexibility index (Phi) is 6.30. The van der Waals surface area contributed by atoms with Gasteiger partial charge in [0, 0.05) is 29.9 Å². The van der Waals surface area contributed by atoms with Crippen LogP contribution in [0.5, 0.6) is 0 Å². The monoisotopic (exact) mass is 521 g/mol. The Labute approximate surface area is 208 Å². The summed E-state index contributed by atoms with van der Waals surface area (Å²) in [5.74, 6) is -2.96. The normalized spacial score (nSPS) is 27.2. The van der Waals surface area contributed by atoms with Gasteiger partial charge in [-0.15, -0.1) is 0 Å². The van der Waals surface area contributed by atoms with Crippen LogP contribution in [0.2, 0.25) is 0 Å². The zero-order chi connectivity index (χ0) is 25.8. The molecule has 0 saturated heterocycles. The van der Waals surface area contributed by atoms with Gasteiger partial charge < -0.3 is 20.1 Å². The minimum Gasteiger partial charge on any atom is -0.393 e. The number of aromatic nitrogens is 1. The Bertz CT molecular complexity index is 1340. The van der Waals surface area contributed by atoms with Crippen molar-refractivity contribution in [2.24, 2.45) is 11.8 Å². The van der Waals surface area contributed by atoms with Gasteiger partial charge in [0.2, 0.25) is 10.0 Å². The van der Waals surface area contributed by atoms with Gasteiger partial charge in [0.15, 0.2) is 11.6 Å². The number of benzene rings is 1. The zero-order valence-electron chi connectivity index (χ0n) is 19.8. The van der Waals surface area contributed by atoms with Crippen LogP contribution in [0.3, 0.4) is 0 Å². The number of rotatable bonds is 6. The van der Waals surface area contributed by atoms with Crippen LogP contribution >= 0.6 is 0 Å². The first-order chi connectivity index (χ1) is 17.0. The van der Waals surface area contributed by atoms with Crippen molar-refractivity contribution in [2.45, 2.75) is 62.1 Å². The Morgan fingerprint density at radius 2 is 1.89 bits per heavy atom. The lowest BCUT2D eigenvalue weighted by atomic mass is 9.75. The van der Waals surface area contributed by atoms with Gasteiger partial charge in [0.1, 0.15) is 10.6 Å². The first kappa shape index (κ1) is 25.1. The van der Waals surface area contributed by atoms with Crippen LogP contribution in [0.1, 0.15) is 53.8 Å². The molecule has 194 valence electrons. The molecule has 2 unspecified atom stereocenters. The predicted octanol–water partition coefficient (Wildman–Crippen LogP) is 2.93. The lowest BCUT2D eigenvalue weighted by Gasteiger charge is -2.40. The smallest absolute Gasteiger partial charge is 0.272 e. The van der Waals surface area contributed by atoms with Crippen molar-refractivity contribution < 1.29 is 32.2 Å². The van der Waals surface area contributed by atoms with E-state index in [-0.39, 0.29) is 46.3 Å². The maximum atomic E-state index is 13.7. The van der Waals surface area contributed by atoms with E-state index in [9.17, 15) is 32.2 Å². The van der Waals surface area contributed by atoms with E-state index < -0.39 is 33.2 Å². The molecule has 3 aliphatic rings. The van der Waals surface area contributed by atoms with Gasteiger partial charge in [-0.2, -0.15) is 0 Å². The van der Waals surface area contributed by atoms with Crippen molar-refractivity contribution in [3.63, 3.8) is 0 Å². The molecular weight excluding hydrogens is 492 g/mol. The van der Waals surface area contributed by atoms with E-state index in [1.54, 1.807) is 17.6 Å². The molecule has 2 aromatic rings. The second-order valence-electron chi connectivity index (χ2n) is 10.1. The van der Waals surface area contributed by atoms with Gasteiger partial charge in [-0.1, -0.05) is 6.08 Å². The number of halogens is 2. The number of aliphatic hydroxyl groups is 2. The minimum absolute atomic E-state index is 0.0104. The number of allylic oxidation sites excluding steroid dienone is 1. The molecule has 1 aliphatic heterocycles. The van der Waals surface area contributed by atoms with Crippen molar-refractivity contribution in [1.29, 1.82) is 0 Å². The molecule has 0 radical (unpaired) electrons. The molecule has 2 atom stereocenters. The van der Waals surface area contributed by atoms with Crippen LogP contribution < -0.4 is 10.0 Å². The first-order valence-electron chi connectivity index (χ1n) is 12.0. The first-order valence-corrected chi connectivity index (χ1v) is 13.5. The van der Waals surface area contributed by atoms with E-state index >= 15 is 0 Å². The van der Waals surface area contributed by atoms with Crippen LogP contribution in [-0.4, -0.2) is 47.4 Å². The Morgan fingerprint density at radius 1 is 1.19 bits per heavy atom. The Balaban J connectivity index is 1.47. The summed E-state index contributed by atoms with van der Waals surface area (Å²) in [6.07, 6.45) is 6.29. The van der Waals surface area contributed by atoms with Crippen LogP contribution in [-0.2, 0) is 16.6 Å². The highest BCUT2D eigenvalue weighted by Crippen LogP contribution is 2.47. The third kappa shape index (κ3) is 4.27. The number of carbonyl (C=O) groups excluding carboxylic acids is 1. The number of sulfonamides is 1. The quantitative estimate of drug-likeness (QED) is 0.466. The maximum absolute atomic E-state index is 13.7. The van der Waals surface area contributed by atoms with Crippen LogP contribution in [0.25, 0.3) is 6.08 Å². The second kappa shape index (κ2) is 9.05. The number of nitrogens with one attached hydrogen (secondary N) is 2. The molecular formula is C25H29F2N3O5S. The SMILES string of the molecule is Cc1c(S(=O)(=O)NC2C3CCC2CC(O)(CO)C3)c2n(c1C(=O)Nc1ccc(F)c(F)c1)CCC=C2. The third-order valence-corrected chi connectivity index (χ3v) is 9.37. The van der Waals surface area contributed by atoms with Gasteiger partial charge in [0.25, 0.3) is 5.91 Å². The third-order valence-electron chi connectivity index (χ3n) is 7.74. The summed E-state index contributed by atoms with van der Waals surface area (Å²) in [6, 6.07) is 2.64. The summed E-state index contributed by atoms with van der Waals surface area (Å²) < 4.78 is 58.9. The van der Waals surface area contributed by atoms with Gasteiger partial charge >= 0.3 is 0 Å². The predicted molar refractivity (Wildman–Crippen MR) is 129 cm³/mol. The molecule has 1 aromatic heterocycles. The van der Waals surface area contributed by atoms with Crippen molar-refractivity contribution in [1.82, 2.24) is 9.29 Å². The Morgan fingerprint density at radius 3 is 2.53 bits per heavy atom. The minimum atomic E-state index is -4.06. The average molecular weight is 522 g/mol. The lowest BCUT2D eigenvalue weighted by molar-refractivity contribution is -0.0672. The van der Waals surface area contributed by atoms with Crippen LogP contribution in [0, 0.1) is 30.4 Å². The highest BCUT2D eigenvalue weighted by molar-refractivity contribution is 7.89. The zero-order valence-corrected chi connectivity index (χ0v) is 20.6. The number of aliphatic hydroxyl groups excluding tert-OH is 1. The van der Waals surface area contributed by atoms with Gasteiger partial charge in [0.05, 0.1) is 17.9 Å². The van der Waals surface area contributed by atoms with Crippen molar-refractivity contribution >= 4 is 27.7 Å². The molecule has 2 aliphatic carbocycles. The highest BCUT2D eigenvalue weighted by atomic mass is 32.2. The fraction of sp³-hybridized carbons (Fsp3) is 0.480. The highest BCUT2D eigenvalue weighted by Gasteiger charge is 2.50. The van der Waals surface area contributed by atoms with Gasteiger partial charge in [-0.05, 0) is 69.1 Å². The molecule has 0 spiro atoms. The number of hydrogen-bond donors (Lipinski definition) is 4. The summed E-state index contributed by atoms with van der Waals surface area (Å²) in [7, 11) is -4.06. The molecule has 2 saturated carbocycles. The summed E-state index contributed by atoms with van der Waals surface area (Å²) in [6.45, 7) is 1.60. The number of nitrogens with zero attached hydrogens (tertiary/aromatic N) is 1. The summed E-state index contributed by atoms with van der Waals surface area (Å²) in [4.78, 5) is 13.2. The van der Waals surface area contributed by atoms with E-state index in [4.69, 9.17) is 0 Å². The molecule has 2 bridgehead atoms. The van der Waals surface area contributed by atoms with Crippen molar-refractivity contribution in [3.8, 4) is 0 Å². The molecule has 2 fully saturated rings. The number of carbonyl (C=O) groups is 1. The summed E-state index contributed by atoms with van der Waals surface area (Å²) in [5.41, 5.74) is -0.346. The number of fused-ring (bicyclic) bond motifs is 3. The average Bonchev–Trinajstić information content (AvgIpc) is 3.25. The fourth-order valence-corrected chi connectivity index (χ4v) is 8.00. The molecule has 1 amide bonds. The van der Waals surface area contributed by atoms with Crippen LogP contribution in [0.4, 0.5) is 14.5 Å². The second-order valence-corrected chi connectivity index (χ2v) is 11.8. The molecule has 2 heterocycles. The Hall–Kier alpha value is -2.60. The van der Waals surface area contributed by atoms with E-state index in [2.05, 4.69) is 10.0 Å². The number of anilines is 1. The van der Waals surface area contributed by atoms with Crippen molar-refractivity contribution in [3.05, 3.63) is 52.9 Å². The van der Waals surface area contributed by atoms with E-state index in [0.717, 1.165) is 25.0 Å². The number of hydrogen-bond acceptors (Lipinski definition) is 5. The van der Waals surface area contributed by atoms with Gasteiger partial charge in [-0.25, -0.2) is 21.9 Å². The largest absolute Gasteiger partial charge is 0.393 e. The standard InChI is InChI=1S/C25H29F2N3O5S/c1-14-22(24(32)28-17-7-8-18(26)19(27)10-17)30-9-3-2-4-20(30)23(14)36(34,35)29-21-15-5-6-16(21)12-25(33,11-15)13-31/h2,4,7-8,10,15-16,21,29,31,33H,3,5-6,9,11-13H2,1H3,(H,28,32). The summed E-state index contributed by atoms with van der Waals surface area (Å²) >= 11 is 0. The van der Waals surface area contributed by atoms with Gasteiger partial charge in [-0.3, -0.25) is 4.79 Å². The topological polar surface area (TPSA) is 121 Å². The molecule has 1 aromatic carbocycles.